The molecule has 0 aliphatic carbocycles. The van der Waals surface area contributed by atoms with E-state index in [9.17, 15) is 0 Å². The first-order valence-corrected chi connectivity index (χ1v) is 8.48. The van der Waals surface area contributed by atoms with E-state index in [1.165, 1.54) is 42.9 Å². The molecule has 2 heterocycles. The Kier molecular flexibility index (Phi) is 5.79. The molecule has 0 spiro atoms. The molecule has 0 radical (unpaired) electrons. The number of nitrogens with zero attached hydrogens (tertiary/aromatic N) is 2. The monoisotopic (exact) mass is 281 g/mol. The van der Waals surface area contributed by atoms with E-state index >= 15 is 0 Å². The largest absolute Gasteiger partial charge is 0.313 e. The maximum absolute atomic E-state index is 4.66. The molecular weight excluding hydrogens is 254 g/mol. The zero-order valence-electron chi connectivity index (χ0n) is 12.5. The molecule has 2 unspecified atom stereocenters. The second-order valence-corrected chi connectivity index (χ2v) is 6.67. The minimum absolute atomic E-state index is 0.439. The Morgan fingerprint density at radius 1 is 1.53 bits per heavy atom. The molecule has 19 heavy (non-hydrogen) atoms. The van der Waals surface area contributed by atoms with Gasteiger partial charge in [-0.05, 0) is 46.2 Å². The highest BCUT2D eigenvalue weighted by atomic mass is 32.1. The molecule has 1 N–H and O–H groups in total. The topological polar surface area (TPSA) is 28.2 Å². The van der Waals surface area contributed by atoms with Gasteiger partial charge in [-0.1, -0.05) is 13.3 Å². The number of aromatic nitrogens is 1. The summed E-state index contributed by atoms with van der Waals surface area (Å²) in [6.45, 7) is 10.2. The summed E-state index contributed by atoms with van der Waals surface area (Å²) in [5.41, 5.74) is 1.24. The summed E-state index contributed by atoms with van der Waals surface area (Å²) in [5.74, 6) is 0. The van der Waals surface area contributed by atoms with Gasteiger partial charge in [-0.15, -0.1) is 11.3 Å². The van der Waals surface area contributed by atoms with Crippen molar-refractivity contribution in [2.75, 3.05) is 19.6 Å². The van der Waals surface area contributed by atoms with Crippen LogP contribution in [0.15, 0.2) is 5.38 Å². The Bertz CT molecular complexity index is 371. The third-order valence-corrected chi connectivity index (χ3v) is 4.78. The van der Waals surface area contributed by atoms with Gasteiger partial charge in [0.1, 0.15) is 0 Å². The van der Waals surface area contributed by atoms with Gasteiger partial charge in [0, 0.05) is 18.0 Å². The van der Waals surface area contributed by atoms with E-state index in [4.69, 9.17) is 0 Å². The highest BCUT2D eigenvalue weighted by Crippen LogP contribution is 2.23. The summed E-state index contributed by atoms with van der Waals surface area (Å²) in [4.78, 5) is 7.26. The first-order chi connectivity index (χ1) is 9.20. The van der Waals surface area contributed by atoms with E-state index < -0.39 is 0 Å². The summed E-state index contributed by atoms with van der Waals surface area (Å²) in [6, 6.07) is 1.11. The van der Waals surface area contributed by atoms with Crippen LogP contribution in [0.3, 0.4) is 0 Å². The van der Waals surface area contributed by atoms with Crippen LogP contribution in [0.25, 0.3) is 0 Å². The van der Waals surface area contributed by atoms with Crippen LogP contribution in [0.5, 0.6) is 0 Å². The molecule has 1 saturated heterocycles. The van der Waals surface area contributed by atoms with E-state index in [1.54, 1.807) is 11.3 Å². The molecule has 1 fully saturated rings. The Hall–Kier alpha value is -0.450. The predicted molar refractivity (Wildman–Crippen MR) is 82.8 cm³/mol. The van der Waals surface area contributed by atoms with Crippen LogP contribution in [0.1, 0.15) is 56.3 Å². The lowest BCUT2D eigenvalue weighted by atomic mass is 10.0. The highest BCUT2D eigenvalue weighted by molar-refractivity contribution is 7.09. The molecule has 3 nitrogen and oxygen atoms in total. The Labute approximate surface area is 121 Å². The Balaban J connectivity index is 1.97. The second kappa shape index (κ2) is 7.36. The van der Waals surface area contributed by atoms with E-state index in [2.05, 4.69) is 41.4 Å². The van der Waals surface area contributed by atoms with Gasteiger partial charge in [0.05, 0.1) is 16.7 Å². The molecule has 0 bridgehead atoms. The van der Waals surface area contributed by atoms with Gasteiger partial charge in [0.15, 0.2) is 0 Å². The van der Waals surface area contributed by atoms with Gasteiger partial charge in [-0.25, -0.2) is 4.98 Å². The molecule has 0 amide bonds. The van der Waals surface area contributed by atoms with Crippen LogP contribution in [0.4, 0.5) is 0 Å². The maximum Gasteiger partial charge on any atom is 0.0898 e. The molecule has 0 aromatic carbocycles. The number of nitrogens with one attached hydrogen (secondary N) is 1. The molecule has 1 aliphatic heterocycles. The third kappa shape index (κ3) is 4.26. The molecule has 1 aliphatic rings. The average Bonchev–Trinajstić information content (AvgIpc) is 2.85. The zero-order valence-corrected chi connectivity index (χ0v) is 13.3. The first kappa shape index (κ1) is 14.9. The molecular formula is C15H27N3S. The van der Waals surface area contributed by atoms with E-state index in [1.807, 2.05) is 0 Å². The summed E-state index contributed by atoms with van der Waals surface area (Å²) in [5, 5.41) is 7.05. The van der Waals surface area contributed by atoms with Gasteiger partial charge >= 0.3 is 0 Å². The van der Waals surface area contributed by atoms with E-state index in [-0.39, 0.29) is 0 Å². The molecule has 1 aromatic heterocycles. The van der Waals surface area contributed by atoms with Crippen LogP contribution in [0.2, 0.25) is 0 Å². The third-order valence-electron chi connectivity index (χ3n) is 3.99. The van der Waals surface area contributed by atoms with Crippen LogP contribution < -0.4 is 5.32 Å². The molecule has 2 atom stereocenters. The average molecular weight is 281 g/mol. The van der Waals surface area contributed by atoms with Gasteiger partial charge in [-0.3, -0.25) is 4.90 Å². The van der Waals surface area contributed by atoms with Crippen LogP contribution in [-0.2, 0) is 0 Å². The van der Waals surface area contributed by atoms with Crippen molar-refractivity contribution in [3.05, 3.63) is 16.1 Å². The van der Waals surface area contributed by atoms with Gasteiger partial charge < -0.3 is 5.32 Å². The molecule has 0 saturated carbocycles. The standard InChI is InChI=1S/C15H27N3S/c1-4-9-18(10-14-7-5-6-8-16-14)12(2)15-11-19-13(3)17-15/h11-12,14,16H,4-10H2,1-3H3. The van der Waals surface area contributed by atoms with E-state index in [0.29, 0.717) is 12.1 Å². The predicted octanol–water partition coefficient (Wildman–Crippen LogP) is 3.37. The summed E-state index contributed by atoms with van der Waals surface area (Å²) in [6.07, 6.45) is 5.25. The maximum atomic E-state index is 4.66. The van der Waals surface area contributed by atoms with Crippen LogP contribution >= 0.6 is 11.3 Å². The lowest BCUT2D eigenvalue weighted by Gasteiger charge is -2.33. The number of hydrogen-bond donors (Lipinski definition) is 1. The number of thiazole rings is 1. The van der Waals surface area contributed by atoms with Crippen molar-refractivity contribution in [3.63, 3.8) is 0 Å². The van der Waals surface area contributed by atoms with Crippen LogP contribution in [0, 0.1) is 6.92 Å². The summed E-state index contributed by atoms with van der Waals surface area (Å²) >= 11 is 1.76. The van der Waals surface area contributed by atoms with Gasteiger partial charge in [0.2, 0.25) is 0 Å². The quantitative estimate of drug-likeness (QED) is 0.866. The number of piperidine rings is 1. The molecule has 108 valence electrons. The van der Waals surface area contributed by atoms with E-state index in [0.717, 1.165) is 13.1 Å². The number of rotatable bonds is 6. The Morgan fingerprint density at radius 2 is 2.37 bits per heavy atom. The zero-order chi connectivity index (χ0) is 13.7. The first-order valence-electron chi connectivity index (χ1n) is 7.60. The smallest absolute Gasteiger partial charge is 0.0898 e. The van der Waals surface area contributed by atoms with Crippen molar-refractivity contribution in [1.82, 2.24) is 15.2 Å². The number of hydrogen-bond acceptors (Lipinski definition) is 4. The summed E-state index contributed by atoms with van der Waals surface area (Å²) < 4.78 is 0. The van der Waals surface area contributed by atoms with Gasteiger partial charge in [-0.2, -0.15) is 0 Å². The van der Waals surface area contributed by atoms with Crippen molar-refractivity contribution in [2.24, 2.45) is 0 Å². The van der Waals surface area contributed by atoms with Crippen molar-refractivity contribution in [1.29, 1.82) is 0 Å². The van der Waals surface area contributed by atoms with Crippen molar-refractivity contribution >= 4 is 11.3 Å². The van der Waals surface area contributed by atoms with Crippen molar-refractivity contribution in [3.8, 4) is 0 Å². The fraction of sp³-hybridized carbons (Fsp3) is 0.800. The summed E-state index contributed by atoms with van der Waals surface area (Å²) in [7, 11) is 0. The SMILES string of the molecule is CCCN(CC1CCCCN1)C(C)c1csc(C)n1. The van der Waals surface area contributed by atoms with Gasteiger partial charge in [0.25, 0.3) is 0 Å². The fourth-order valence-electron chi connectivity index (χ4n) is 2.85. The second-order valence-electron chi connectivity index (χ2n) is 5.61. The lowest BCUT2D eigenvalue weighted by molar-refractivity contribution is 0.174. The van der Waals surface area contributed by atoms with Crippen molar-refractivity contribution in [2.45, 2.75) is 58.5 Å². The van der Waals surface area contributed by atoms with Crippen LogP contribution in [-0.4, -0.2) is 35.6 Å². The molecule has 1 aromatic rings. The minimum Gasteiger partial charge on any atom is -0.313 e. The molecule has 2 rings (SSSR count). The number of aryl methyl sites for hydroxylation is 1. The fourth-order valence-corrected chi connectivity index (χ4v) is 3.55. The highest BCUT2D eigenvalue weighted by Gasteiger charge is 2.22. The normalized spacial score (nSPS) is 21.8. The van der Waals surface area contributed by atoms with Crippen molar-refractivity contribution < 1.29 is 0 Å². The minimum atomic E-state index is 0.439. The lowest BCUT2D eigenvalue weighted by Crippen LogP contribution is -2.44. The Morgan fingerprint density at radius 3 is 2.95 bits per heavy atom. The molecule has 4 heteroatoms.